The fraction of sp³-hybridized carbons (Fsp3) is 0.351. The molecule has 48 heavy (non-hydrogen) atoms. The molecule has 3 aromatic carbocycles. The van der Waals surface area contributed by atoms with Crippen molar-refractivity contribution in [3.8, 4) is 23.0 Å². The van der Waals surface area contributed by atoms with Crippen LogP contribution in [-0.4, -0.2) is 54.4 Å². The largest absolute Gasteiger partial charge is 0.493 e. The first-order valence-electron chi connectivity index (χ1n) is 16.0. The van der Waals surface area contributed by atoms with Crippen LogP contribution in [0, 0.1) is 0 Å². The number of nitrogens with zero attached hydrogens (tertiary/aromatic N) is 1. The van der Waals surface area contributed by atoms with Crippen LogP contribution in [0.25, 0.3) is 10.9 Å². The third-order valence-corrected chi connectivity index (χ3v) is 7.59. The van der Waals surface area contributed by atoms with Gasteiger partial charge in [0.05, 0.1) is 19.2 Å². The van der Waals surface area contributed by atoms with Crippen molar-refractivity contribution >= 4 is 34.6 Å². The van der Waals surface area contributed by atoms with Crippen molar-refractivity contribution in [3.63, 3.8) is 0 Å². The molecule has 1 heterocycles. The molecule has 0 aliphatic heterocycles. The van der Waals surface area contributed by atoms with Crippen molar-refractivity contribution in [2.45, 2.75) is 70.6 Å². The molecule has 5 rings (SSSR count). The molecule has 4 aromatic rings. The Labute approximate surface area is 279 Å². The molecular formula is C37H41N3O8. The van der Waals surface area contributed by atoms with E-state index >= 15 is 0 Å². The number of ether oxygens (including phenoxy) is 5. The maximum Gasteiger partial charge on any atom is 0.408 e. The molecule has 2 N–H and O–H groups in total. The maximum atomic E-state index is 13.1. The zero-order valence-corrected chi connectivity index (χ0v) is 27.6. The van der Waals surface area contributed by atoms with E-state index in [9.17, 15) is 14.4 Å². The minimum atomic E-state index is -0.965. The van der Waals surface area contributed by atoms with Crippen LogP contribution in [0.15, 0.2) is 79.0 Å². The van der Waals surface area contributed by atoms with E-state index < -0.39 is 23.7 Å². The Kier molecular flexibility index (Phi) is 11.0. The van der Waals surface area contributed by atoms with E-state index in [-0.39, 0.29) is 25.0 Å². The molecule has 1 aliphatic carbocycles. The SMILES string of the molecule is COc1cc2nccc(Oc3ccc(NC(=O)c4ccccc4)cc3)c2cc1OCC[C@H](NC(=O)OC(C)(C)C)C(=O)OC1CCCC1. The lowest BCUT2D eigenvalue weighted by atomic mass is 10.1. The summed E-state index contributed by atoms with van der Waals surface area (Å²) in [5, 5.41) is 6.19. The van der Waals surface area contributed by atoms with Gasteiger partial charge < -0.3 is 34.3 Å². The standard InChI is InChI=1S/C37H41N3O8/c1-37(2,3)48-36(43)40-29(35(42)47-26-12-8-9-13-26)19-21-45-33-22-28-30(23-32(33)44-4)38-20-18-31(28)46-27-16-14-25(15-17-27)39-34(41)24-10-6-5-7-11-24/h5-7,10-11,14-18,20,22-23,26,29H,8-9,12-13,19,21H2,1-4H3,(H,39,41)(H,40,43)/t29-/m0/s1. The monoisotopic (exact) mass is 655 g/mol. The third kappa shape index (κ3) is 9.37. The number of amides is 2. The Morgan fingerprint density at radius 3 is 2.33 bits per heavy atom. The van der Waals surface area contributed by atoms with Crippen molar-refractivity contribution in [1.82, 2.24) is 10.3 Å². The highest BCUT2D eigenvalue weighted by atomic mass is 16.6. The summed E-state index contributed by atoms with van der Waals surface area (Å²) in [5.41, 5.74) is 1.08. The van der Waals surface area contributed by atoms with E-state index in [2.05, 4.69) is 15.6 Å². The van der Waals surface area contributed by atoms with Gasteiger partial charge in [0.1, 0.15) is 29.2 Å². The number of hydrogen-bond donors (Lipinski definition) is 2. The van der Waals surface area contributed by atoms with Crippen molar-refractivity contribution in [3.05, 3.63) is 84.6 Å². The van der Waals surface area contributed by atoms with E-state index in [0.29, 0.717) is 45.2 Å². The van der Waals surface area contributed by atoms with Crippen LogP contribution < -0.4 is 24.8 Å². The Morgan fingerprint density at radius 1 is 0.917 bits per heavy atom. The van der Waals surface area contributed by atoms with Crippen LogP contribution in [0.3, 0.4) is 0 Å². The summed E-state index contributed by atoms with van der Waals surface area (Å²) in [5.74, 6) is 1.20. The Bertz CT molecular complexity index is 1710. The van der Waals surface area contributed by atoms with Crippen LogP contribution in [-0.2, 0) is 14.3 Å². The highest BCUT2D eigenvalue weighted by Crippen LogP contribution is 2.37. The lowest BCUT2D eigenvalue weighted by Gasteiger charge is -2.24. The molecule has 1 aromatic heterocycles. The molecular weight excluding hydrogens is 614 g/mol. The van der Waals surface area contributed by atoms with Gasteiger partial charge in [0.25, 0.3) is 5.91 Å². The van der Waals surface area contributed by atoms with E-state index in [1.165, 1.54) is 7.11 Å². The fourth-order valence-electron chi connectivity index (χ4n) is 5.25. The Balaban J connectivity index is 1.28. The molecule has 1 saturated carbocycles. The number of alkyl carbamates (subject to hydrolysis) is 1. The number of fused-ring (bicyclic) bond motifs is 1. The fourth-order valence-corrected chi connectivity index (χ4v) is 5.25. The minimum absolute atomic E-state index is 0.0642. The lowest BCUT2D eigenvalue weighted by molar-refractivity contribution is -0.151. The van der Waals surface area contributed by atoms with Crippen LogP contribution >= 0.6 is 0 Å². The van der Waals surface area contributed by atoms with E-state index in [0.717, 1.165) is 25.7 Å². The van der Waals surface area contributed by atoms with Crippen molar-refractivity contribution in [1.29, 1.82) is 0 Å². The van der Waals surface area contributed by atoms with E-state index in [1.807, 2.05) is 18.2 Å². The predicted octanol–water partition coefficient (Wildman–Crippen LogP) is 7.44. The number of anilines is 1. The van der Waals surface area contributed by atoms with Crippen LogP contribution in [0.5, 0.6) is 23.0 Å². The summed E-state index contributed by atoms with van der Waals surface area (Å²) >= 11 is 0. The van der Waals surface area contributed by atoms with Crippen LogP contribution in [0.1, 0.15) is 63.2 Å². The van der Waals surface area contributed by atoms with Crippen molar-refractivity contribution in [2.24, 2.45) is 0 Å². The second kappa shape index (κ2) is 15.5. The highest BCUT2D eigenvalue weighted by Gasteiger charge is 2.29. The van der Waals surface area contributed by atoms with Gasteiger partial charge in [-0.15, -0.1) is 0 Å². The Morgan fingerprint density at radius 2 is 1.65 bits per heavy atom. The molecule has 11 heteroatoms. The van der Waals surface area contributed by atoms with Crippen molar-refractivity contribution in [2.75, 3.05) is 19.0 Å². The third-order valence-electron chi connectivity index (χ3n) is 7.59. The number of nitrogens with one attached hydrogen (secondary N) is 2. The number of carbonyl (C=O) groups is 3. The summed E-state index contributed by atoms with van der Waals surface area (Å²) in [6.07, 6.45) is 4.53. The summed E-state index contributed by atoms with van der Waals surface area (Å²) < 4.78 is 29.0. The molecule has 1 atom stereocenters. The van der Waals surface area contributed by atoms with Gasteiger partial charge in [0.2, 0.25) is 0 Å². The molecule has 0 radical (unpaired) electrons. The maximum absolute atomic E-state index is 13.1. The van der Waals surface area contributed by atoms with E-state index in [1.54, 1.807) is 81.6 Å². The van der Waals surface area contributed by atoms with Gasteiger partial charge >= 0.3 is 12.1 Å². The van der Waals surface area contributed by atoms with Gasteiger partial charge in [-0.05, 0) is 95.0 Å². The number of hydrogen-bond acceptors (Lipinski definition) is 9. The molecule has 11 nitrogen and oxygen atoms in total. The number of pyridine rings is 1. The number of methoxy groups -OCH3 is 1. The zero-order valence-electron chi connectivity index (χ0n) is 27.6. The summed E-state index contributed by atoms with van der Waals surface area (Å²) in [6.45, 7) is 5.32. The molecule has 1 aliphatic rings. The first-order chi connectivity index (χ1) is 23.1. The number of carbonyl (C=O) groups excluding carboxylic acids is 3. The average Bonchev–Trinajstić information content (AvgIpc) is 3.57. The predicted molar refractivity (Wildman–Crippen MR) is 181 cm³/mol. The van der Waals surface area contributed by atoms with Crippen LogP contribution in [0.2, 0.25) is 0 Å². The quantitative estimate of drug-likeness (QED) is 0.149. The molecule has 252 valence electrons. The lowest BCUT2D eigenvalue weighted by Crippen LogP contribution is -2.45. The number of esters is 1. The second-order valence-corrected chi connectivity index (χ2v) is 12.5. The second-order valence-electron chi connectivity index (χ2n) is 12.5. The summed E-state index contributed by atoms with van der Waals surface area (Å²) in [6, 6.07) is 20.3. The van der Waals surface area contributed by atoms with Gasteiger partial charge in [-0.3, -0.25) is 9.78 Å². The first-order valence-corrected chi connectivity index (χ1v) is 16.0. The van der Waals surface area contributed by atoms with Gasteiger partial charge in [-0.2, -0.15) is 0 Å². The molecule has 2 amide bonds. The summed E-state index contributed by atoms with van der Waals surface area (Å²) in [7, 11) is 1.53. The number of benzene rings is 3. The van der Waals surface area contributed by atoms with Gasteiger partial charge in [-0.1, -0.05) is 18.2 Å². The van der Waals surface area contributed by atoms with Gasteiger partial charge in [0, 0.05) is 35.3 Å². The molecule has 0 unspecified atom stereocenters. The zero-order chi connectivity index (χ0) is 34.1. The summed E-state index contributed by atoms with van der Waals surface area (Å²) in [4.78, 5) is 42.6. The molecule has 1 fully saturated rings. The van der Waals surface area contributed by atoms with Gasteiger partial charge in [-0.25, -0.2) is 9.59 Å². The number of aromatic nitrogens is 1. The Hall–Kier alpha value is -5.32. The van der Waals surface area contributed by atoms with Crippen LogP contribution in [0.4, 0.5) is 10.5 Å². The van der Waals surface area contributed by atoms with Gasteiger partial charge in [0.15, 0.2) is 11.5 Å². The normalized spacial score (nSPS) is 13.8. The first kappa shape index (κ1) is 34.0. The number of rotatable bonds is 12. The minimum Gasteiger partial charge on any atom is -0.493 e. The average molecular weight is 656 g/mol. The molecule has 0 spiro atoms. The smallest absolute Gasteiger partial charge is 0.408 e. The molecule has 0 saturated heterocycles. The topological polar surface area (TPSA) is 134 Å². The van der Waals surface area contributed by atoms with E-state index in [4.69, 9.17) is 23.7 Å². The molecule has 0 bridgehead atoms. The van der Waals surface area contributed by atoms with Crippen molar-refractivity contribution < 1.29 is 38.1 Å². The highest BCUT2D eigenvalue weighted by molar-refractivity contribution is 6.04.